The van der Waals surface area contributed by atoms with Gasteiger partial charge in [0, 0.05) is 34.6 Å². The fourth-order valence-electron chi connectivity index (χ4n) is 5.46. The van der Waals surface area contributed by atoms with Crippen molar-refractivity contribution in [2.45, 2.75) is 50.7 Å². The van der Waals surface area contributed by atoms with Crippen LogP contribution in [0.3, 0.4) is 0 Å². The van der Waals surface area contributed by atoms with E-state index in [9.17, 15) is 18.0 Å². The molecule has 0 aliphatic heterocycles. The number of rotatable bonds is 14. The molecule has 5 aromatic rings. The largest absolute Gasteiger partial charge is 0.457 e. The zero-order valence-electron chi connectivity index (χ0n) is 28.5. The van der Waals surface area contributed by atoms with Crippen molar-refractivity contribution in [2.24, 2.45) is 0 Å². The van der Waals surface area contributed by atoms with E-state index >= 15 is 0 Å². The van der Waals surface area contributed by atoms with Gasteiger partial charge in [0.25, 0.3) is 10.0 Å². The minimum absolute atomic E-state index is 0.00426. The number of nitrogens with one attached hydrogen (secondary N) is 1. The number of amides is 2. The first-order chi connectivity index (χ1) is 24.4. The molecule has 0 unspecified atom stereocenters. The fraction of sp³-hybridized carbons (Fsp3) is 0.200. The number of nitrogens with zero attached hydrogens (tertiary/aromatic N) is 2. The van der Waals surface area contributed by atoms with Gasteiger partial charge in [-0.2, -0.15) is 0 Å². The fourth-order valence-corrected chi connectivity index (χ4v) is 7.39. The van der Waals surface area contributed by atoms with Crippen molar-refractivity contribution in [3.63, 3.8) is 0 Å². The Kier molecular flexibility index (Phi) is 12.4. The summed E-state index contributed by atoms with van der Waals surface area (Å²) in [6.07, 6.45) is 0.156. The number of hydrogen-bond acceptors (Lipinski definition) is 5. The predicted molar refractivity (Wildman–Crippen MR) is 203 cm³/mol. The van der Waals surface area contributed by atoms with Crippen LogP contribution >= 0.6 is 23.2 Å². The van der Waals surface area contributed by atoms with E-state index in [-0.39, 0.29) is 29.6 Å². The summed E-state index contributed by atoms with van der Waals surface area (Å²) in [7, 11) is -4.29. The van der Waals surface area contributed by atoms with Crippen LogP contribution in [0.4, 0.5) is 5.69 Å². The van der Waals surface area contributed by atoms with E-state index in [2.05, 4.69) is 5.32 Å². The Labute approximate surface area is 309 Å². The number of hydrogen-bond donors (Lipinski definition) is 1. The quantitative estimate of drug-likeness (QED) is 0.123. The number of para-hydroxylation sites is 1. The van der Waals surface area contributed by atoms with Crippen molar-refractivity contribution in [1.82, 2.24) is 10.2 Å². The molecule has 1 N–H and O–H groups in total. The second kappa shape index (κ2) is 16.9. The van der Waals surface area contributed by atoms with E-state index in [4.69, 9.17) is 27.9 Å². The third-order valence-corrected chi connectivity index (χ3v) is 10.6. The van der Waals surface area contributed by atoms with Gasteiger partial charge in [-0.3, -0.25) is 13.9 Å². The maximum Gasteiger partial charge on any atom is 0.264 e. The molecule has 0 aromatic heterocycles. The van der Waals surface area contributed by atoms with Crippen LogP contribution in [-0.4, -0.2) is 43.8 Å². The first-order valence-electron chi connectivity index (χ1n) is 16.4. The van der Waals surface area contributed by atoms with Gasteiger partial charge in [-0.1, -0.05) is 95.5 Å². The summed E-state index contributed by atoms with van der Waals surface area (Å²) in [4.78, 5) is 30.1. The molecule has 0 fully saturated rings. The van der Waals surface area contributed by atoms with Gasteiger partial charge in [0.05, 0.1) is 10.6 Å². The molecule has 0 heterocycles. The summed E-state index contributed by atoms with van der Waals surface area (Å²) < 4.78 is 35.8. The highest BCUT2D eigenvalue weighted by molar-refractivity contribution is 7.92. The topological polar surface area (TPSA) is 96.0 Å². The minimum Gasteiger partial charge on any atom is -0.457 e. The van der Waals surface area contributed by atoms with Gasteiger partial charge >= 0.3 is 0 Å². The van der Waals surface area contributed by atoms with Crippen molar-refractivity contribution in [3.05, 3.63) is 154 Å². The van der Waals surface area contributed by atoms with Gasteiger partial charge in [0.1, 0.15) is 24.1 Å². The zero-order valence-corrected chi connectivity index (χ0v) is 30.8. The standard InChI is InChI=1S/C40H39Cl2N3O5S/c1-28(2)43-40(47)38(25-30-11-6-4-7-12-30)44(26-35-36(41)15-10-16-37(35)42)39(46)27-45(51(48,49)34-23-17-29(3)18-24-34)31-19-21-33(22-20-31)50-32-13-8-5-9-14-32/h4-24,28,38H,25-27H2,1-3H3,(H,43,47)/t38-/m0/s1. The molecule has 0 radical (unpaired) electrons. The van der Waals surface area contributed by atoms with Crippen LogP contribution < -0.4 is 14.4 Å². The van der Waals surface area contributed by atoms with Crippen LogP contribution in [-0.2, 0) is 32.6 Å². The highest BCUT2D eigenvalue weighted by Crippen LogP contribution is 2.31. The van der Waals surface area contributed by atoms with E-state index < -0.39 is 34.4 Å². The molecule has 51 heavy (non-hydrogen) atoms. The molecule has 2 amide bonds. The molecule has 0 aliphatic rings. The minimum atomic E-state index is -4.29. The number of benzene rings is 5. The summed E-state index contributed by atoms with van der Waals surface area (Å²) in [6, 6.07) is 35.1. The third-order valence-electron chi connectivity index (χ3n) is 8.08. The number of carbonyl (C=O) groups is 2. The van der Waals surface area contributed by atoms with E-state index in [1.54, 1.807) is 54.6 Å². The van der Waals surface area contributed by atoms with Crippen molar-refractivity contribution in [3.8, 4) is 11.5 Å². The number of halogens is 2. The molecule has 0 saturated carbocycles. The lowest BCUT2D eigenvalue weighted by Crippen LogP contribution is -2.54. The zero-order chi connectivity index (χ0) is 36.5. The molecule has 8 nitrogen and oxygen atoms in total. The first-order valence-corrected chi connectivity index (χ1v) is 18.6. The summed E-state index contributed by atoms with van der Waals surface area (Å²) in [6.45, 7) is 4.74. The molecule has 264 valence electrons. The van der Waals surface area contributed by atoms with Gasteiger partial charge in [0.2, 0.25) is 11.8 Å². The Bertz CT molecular complexity index is 2020. The van der Waals surface area contributed by atoms with Crippen LogP contribution in [0, 0.1) is 6.92 Å². The second-order valence-corrected chi connectivity index (χ2v) is 15.0. The van der Waals surface area contributed by atoms with Gasteiger partial charge < -0.3 is 15.0 Å². The highest BCUT2D eigenvalue weighted by atomic mass is 35.5. The third kappa shape index (κ3) is 9.70. The normalized spacial score (nSPS) is 11.9. The van der Waals surface area contributed by atoms with E-state index in [1.165, 1.54) is 17.0 Å². The van der Waals surface area contributed by atoms with Gasteiger partial charge in [0.15, 0.2) is 0 Å². The van der Waals surface area contributed by atoms with Crippen LogP contribution in [0.25, 0.3) is 0 Å². The summed E-state index contributed by atoms with van der Waals surface area (Å²) in [5.41, 5.74) is 2.34. The van der Waals surface area contributed by atoms with Crippen molar-refractivity contribution >= 4 is 50.7 Å². The lowest BCUT2D eigenvalue weighted by Gasteiger charge is -2.34. The smallest absolute Gasteiger partial charge is 0.264 e. The molecule has 0 spiro atoms. The highest BCUT2D eigenvalue weighted by Gasteiger charge is 2.35. The first kappa shape index (κ1) is 37.4. The molecule has 0 saturated heterocycles. The van der Waals surface area contributed by atoms with Crippen molar-refractivity contribution in [2.75, 3.05) is 10.8 Å². The average Bonchev–Trinajstić information content (AvgIpc) is 3.11. The van der Waals surface area contributed by atoms with Gasteiger partial charge in [-0.05, 0) is 87.0 Å². The van der Waals surface area contributed by atoms with Crippen LogP contribution in [0.1, 0.15) is 30.5 Å². The van der Waals surface area contributed by atoms with Crippen LogP contribution in [0.15, 0.2) is 132 Å². The number of ether oxygens (including phenoxy) is 1. The van der Waals surface area contributed by atoms with E-state index in [0.29, 0.717) is 27.1 Å². The summed E-state index contributed by atoms with van der Waals surface area (Å²) >= 11 is 13.2. The van der Waals surface area contributed by atoms with Gasteiger partial charge in [-0.15, -0.1) is 0 Å². The molecule has 5 aromatic carbocycles. The summed E-state index contributed by atoms with van der Waals surface area (Å²) in [5.74, 6) is 0.0571. The monoisotopic (exact) mass is 743 g/mol. The molecule has 1 atom stereocenters. The second-order valence-electron chi connectivity index (χ2n) is 12.3. The number of sulfonamides is 1. The van der Waals surface area contributed by atoms with Crippen LogP contribution in [0.2, 0.25) is 10.0 Å². The Morgan fingerprint density at radius 1 is 0.745 bits per heavy atom. The number of carbonyl (C=O) groups excluding carboxylic acids is 2. The van der Waals surface area contributed by atoms with E-state index in [0.717, 1.165) is 15.4 Å². The van der Waals surface area contributed by atoms with Crippen molar-refractivity contribution in [1.29, 1.82) is 0 Å². The Hall–Kier alpha value is -4.83. The molecule has 0 aliphatic carbocycles. The Morgan fingerprint density at radius 3 is 1.90 bits per heavy atom. The molecule has 5 rings (SSSR count). The maximum absolute atomic E-state index is 14.7. The van der Waals surface area contributed by atoms with Crippen molar-refractivity contribution < 1.29 is 22.7 Å². The number of aryl methyl sites for hydroxylation is 1. The average molecular weight is 745 g/mol. The molecular formula is C40H39Cl2N3O5S. The lowest BCUT2D eigenvalue weighted by molar-refractivity contribution is -0.140. The number of anilines is 1. The van der Waals surface area contributed by atoms with Crippen LogP contribution in [0.5, 0.6) is 11.5 Å². The predicted octanol–water partition coefficient (Wildman–Crippen LogP) is 8.45. The Morgan fingerprint density at radius 2 is 1.31 bits per heavy atom. The molecular weight excluding hydrogens is 705 g/mol. The maximum atomic E-state index is 14.7. The Balaban J connectivity index is 1.58. The molecule has 11 heteroatoms. The SMILES string of the molecule is Cc1ccc(S(=O)(=O)N(CC(=O)N(Cc2c(Cl)cccc2Cl)[C@@H](Cc2ccccc2)C(=O)NC(C)C)c2ccc(Oc3ccccc3)cc2)cc1. The van der Waals surface area contributed by atoms with Gasteiger partial charge in [-0.25, -0.2) is 8.42 Å². The lowest BCUT2D eigenvalue weighted by atomic mass is 10.0. The van der Waals surface area contributed by atoms with E-state index in [1.807, 2.05) is 81.4 Å². The molecule has 0 bridgehead atoms. The summed E-state index contributed by atoms with van der Waals surface area (Å²) in [5, 5.41) is 3.55.